The number of hydrogen-bond acceptors (Lipinski definition) is 3. The third-order valence-electron chi connectivity index (χ3n) is 1.43. The molecule has 0 N–H and O–H groups in total. The van der Waals surface area contributed by atoms with Gasteiger partial charge in [0, 0.05) is 0 Å². The molecule has 62 valence electrons. The van der Waals surface area contributed by atoms with Crippen LogP contribution in [0.3, 0.4) is 0 Å². The summed E-state index contributed by atoms with van der Waals surface area (Å²) in [6, 6.07) is 0. The van der Waals surface area contributed by atoms with Gasteiger partial charge in [-0.05, 0) is 27.7 Å². The lowest BCUT2D eigenvalue weighted by molar-refractivity contribution is 0.212. The van der Waals surface area contributed by atoms with E-state index in [0.29, 0.717) is 0 Å². The van der Waals surface area contributed by atoms with Gasteiger partial charge in [0.05, 0.1) is 16.1 Å². The molecule has 0 bridgehead atoms. The fraction of sp³-hybridized carbons (Fsp3) is 0.625. The molecule has 0 unspecified atom stereocenters. The van der Waals surface area contributed by atoms with Crippen LogP contribution in [-0.2, 0) is 0 Å². The van der Waals surface area contributed by atoms with Gasteiger partial charge in [-0.25, -0.2) is 0 Å². The Hall–Kier alpha value is -0.440. The molecule has 0 fully saturated rings. The second-order valence-electron chi connectivity index (χ2n) is 3.45. The van der Waals surface area contributed by atoms with Crippen molar-refractivity contribution in [1.29, 1.82) is 0 Å². The smallest absolute Gasteiger partial charge is 0.0944 e. The predicted molar refractivity (Wildman–Crippen MR) is 51.4 cm³/mol. The van der Waals surface area contributed by atoms with E-state index in [0.717, 1.165) is 0 Å². The van der Waals surface area contributed by atoms with Gasteiger partial charge in [-0.15, -0.1) is 0 Å². The first kappa shape index (κ1) is 8.65. The van der Waals surface area contributed by atoms with Crippen molar-refractivity contribution < 1.29 is 0 Å². The monoisotopic (exact) mass is 170 g/mol. The fourth-order valence-corrected chi connectivity index (χ4v) is 1.73. The van der Waals surface area contributed by atoms with Gasteiger partial charge in [0.25, 0.3) is 0 Å². The Morgan fingerprint density at radius 3 is 2.55 bits per heavy atom. The Bertz CT molecular complexity index is 201. The molecule has 0 aromatic carbocycles. The molecular formula is C8H14N2S. The quantitative estimate of drug-likeness (QED) is 0.555. The van der Waals surface area contributed by atoms with Crippen LogP contribution in [0, 0.1) is 0 Å². The van der Waals surface area contributed by atoms with E-state index >= 15 is 0 Å². The molecule has 1 aliphatic rings. The molecule has 0 aliphatic carbocycles. The highest BCUT2D eigenvalue weighted by Gasteiger charge is 2.25. The highest BCUT2D eigenvalue weighted by molar-refractivity contribution is 8.15. The van der Waals surface area contributed by atoms with Crippen molar-refractivity contribution in [3.63, 3.8) is 0 Å². The van der Waals surface area contributed by atoms with Crippen LogP contribution < -0.4 is 0 Å². The van der Waals surface area contributed by atoms with Crippen LogP contribution in [0.1, 0.15) is 27.7 Å². The maximum absolute atomic E-state index is 4.26. The summed E-state index contributed by atoms with van der Waals surface area (Å²) in [6.45, 7) is 8.49. The highest BCUT2D eigenvalue weighted by Crippen LogP contribution is 2.31. The topological polar surface area (TPSA) is 15.6 Å². The lowest BCUT2D eigenvalue weighted by atomic mass is 10.1. The number of thioether (sulfide) groups is 1. The molecule has 0 spiro atoms. The number of rotatable bonds is 0. The molecule has 1 heterocycles. The van der Waals surface area contributed by atoms with Crippen LogP contribution in [-0.4, -0.2) is 16.1 Å². The first-order chi connectivity index (χ1) is 5.05. The Balaban J connectivity index is 2.80. The molecule has 11 heavy (non-hydrogen) atoms. The molecule has 3 heteroatoms. The molecule has 0 radical (unpaired) electrons. The largest absolute Gasteiger partial charge is 0.253 e. The summed E-state index contributed by atoms with van der Waals surface area (Å²) in [6.07, 6.45) is 2.09. The molecule has 1 rings (SSSR count). The van der Waals surface area contributed by atoms with Crippen molar-refractivity contribution in [1.82, 2.24) is 5.01 Å². The van der Waals surface area contributed by atoms with Crippen molar-refractivity contribution in [2.75, 3.05) is 0 Å². The van der Waals surface area contributed by atoms with Gasteiger partial charge >= 0.3 is 0 Å². The Labute approximate surface area is 72.3 Å². The van der Waals surface area contributed by atoms with E-state index in [4.69, 9.17) is 0 Å². The molecule has 0 aromatic rings. The highest BCUT2D eigenvalue weighted by atomic mass is 32.2. The van der Waals surface area contributed by atoms with Gasteiger partial charge in [0.2, 0.25) is 0 Å². The van der Waals surface area contributed by atoms with E-state index in [1.54, 1.807) is 11.8 Å². The molecule has 0 aromatic heterocycles. The van der Waals surface area contributed by atoms with E-state index in [9.17, 15) is 0 Å². The van der Waals surface area contributed by atoms with Gasteiger partial charge in [-0.2, -0.15) is 5.10 Å². The zero-order valence-electron chi connectivity index (χ0n) is 7.46. The maximum Gasteiger partial charge on any atom is 0.0944 e. The SMILES string of the molecule is C/C=C1\SC=NN1C(C)(C)C. The van der Waals surface area contributed by atoms with Gasteiger partial charge in [-0.3, -0.25) is 5.01 Å². The minimum Gasteiger partial charge on any atom is -0.253 e. The number of allylic oxidation sites excluding steroid dienone is 1. The standard InChI is InChI=1S/C8H14N2S/c1-5-7-10(8(2,3)4)9-6-11-7/h5-6H,1-4H3/b7-5-. The zero-order chi connectivity index (χ0) is 8.48. The van der Waals surface area contributed by atoms with E-state index in [1.165, 1.54) is 5.03 Å². The van der Waals surface area contributed by atoms with Crippen molar-refractivity contribution in [2.45, 2.75) is 33.2 Å². The Morgan fingerprint density at radius 2 is 2.18 bits per heavy atom. The molecule has 0 amide bonds. The average Bonchev–Trinajstić information content (AvgIpc) is 2.31. The molecule has 0 saturated heterocycles. The maximum atomic E-state index is 4.26. The summed E-state index contributed by atoms with van der Waals surface area (Å²) in [4.78, 5) is 0. The molecule has 2 nitrogen and oxygen atoms in total. The second-order valence-corrected chi connectivity index (χ2v) is 4.31. The summed E-state index contributed by atoms with van der Waals surface area (Å²) in [5.41, 5.74) is 1.97. The minimum absolute atomic E-state index is 0.0991. The Kier molecular flexibility index (Phi) is 2.28. The predicted octanol–water partition coefficient (Wildman–Crippen LogP) is 2.64. The number of hydrazone groups is 1. The lowest BCUT2D eigenvalue weighted by Crippen LogP contribution is -2.33. The molecular weight excluding hydrogens is 156 g/mol. The van der Waals surface area contributed by atoms with Gasteiger partial charge in [0.1, 0.15) is 0 Å². The average molecular weight is 170 g/mol. The number of hydrogen-bond donors (Lipinski definition) is 0. The summed E-state index contributed by atoms with van der Waals surface area (Å²) < 4.78 is 0. The first-order valence-electron chi connectivity index (χ1n) is 3.71. The van der Waals surface area contributed by atoms with Gasteiger partial charge in [-0.1, -0.05) is 17.8 Å². The van der Waals surface area contributed by atoms with Crippen LogP contribution >= 0.6 is 11.8 Å². The van der Waals surface area contributed by atoms with Crippen molar-refractivity contribution in [2.24, 2.45) is 5.10 Å². The van der Waals surface area contributed by atoms with E-state index in [1.807, 2.05) is 17.5 Å². The Morgan fingerprint density at radius 1 is 1.55 bits per heavy atom. The van der Waals surface area contributed by atoms with Gasteiger partial charge in [0.15, 0.2) is 0 Å². The third kappa shape index (κ3) is 1.77. The van der Waals surface area contributed by atoms with E-state index in [2.05, 4.69) is 31.9 Å². The first-order valence-corrected chi connectivity index (χ1v) is 4.59. The minimum atomic E-state index is 0.0991. The second kappa shape index (κ2) is 2.89. The van der Waals surface area contributed by atoms with Gasteiger partial charge < -0.3 is 0 Å². The van der Waals surface area contributed by atoms with E-state index < -0.39 is 0 Å². The zero-order valence-corrected chi connectivity index (χ0v) is 8.27. The van der Waals surface area contributed by atoms with E-state index in [-0.39, 0.29) is 5.54 Å². The molecule has 0 atom stereocenters. The summed E-state index contributed by atoms with van der Waals surface area (Å²) in [5.74, 6) is 0. The van der Waals surface area contributed by atoms with Crippen LogP contribution in [0.5, 0.6) is 0 Å². The number of nitrogens with zero attached hydrogens (tertiary/aromatic N) is 2. The molecule has 0 saturated carbocycles. The fourth-order valence-electron chi connectivity index (χ4n) is 0.926. The van der Waals surface area contributed by atoms with Crippen LogP contribution in [0.4, 0.5) is 0 Å². The molecule has 1 aliphatic heterocycles. The summed E-state index contributed by atoms with van der Waals surface area (Å²) >= 11 is 1.67. The third-order valence-corrected chi connectivity index (χ3v) is 2.28. The van der Waals surface area contributed by atoms with Crippen LogP contribution in [0.25, 0.3) is 0 Å². The summed E-state index contributed by atoms with van der Waals surface area (Å²) in [7, 11) is 0. The van der Waals surface area contributed by atoms with Crippen molar-refractivity contribution in [3.05, 3.63) is 11.1 Å². The normalized spacial score (nSPS) is 21.8. The van der Waals surface area contributed by atoms with Crippen LogP contribution in [0.15, 0.2) is 16.2 Å². The van der Waals surface area contributed by atoms with Crippen molar-refractivity contribution in [3.8, 4) is 0 Å². The lowest BCUT2D eigenvalue weighted by Gasteiger charge is -2.30. The van der Waals surface area contributed by atoms with Crippen molar-refractivity contribution >= 4 is 17.3 Å². The van der Waals surface area contributed by atoms with Crippen LogP contribution in [0.2, 0.25) is 0 Å². The summed E-state index contributed by atoms with van der Waals surface area (Å²) in [5, 5.41) is 7.52.